The zero-order valence-corrected chi connectivity index (χ0v) is 20.7. The van der Waals surface area contributed by atoms with Gasteiger partial charge in [0.15, 0.2) is 0 Å². The van der Waals surface area contributed by atoms with Crippen molar-refractivity contribution >= 4 is 0 Å². The number of rotatable bonds is 8. The number of hydrogen-bond donors (Lipinski definition) is 2. The SMILES string of the molecule is Cc1cn([C@@H]2O[C@]3(COCc4ccccc4)[C@@H](OCc4ccccc4)[C@H]2[C@H](C)[C@]3(C)O)c(=O)[nH]c1=O. The van der Waals surface area contributed by atoms with Crippen LogP contribution in [-0.2, 0) is 27.4 Å². The predicted molar refractivity (Wildman–Crippen MR) is 133 cm³/mol. The average molecular weight is 493 g/mol. The fraction of sp³-hybridized carbons (Fsp3) is 0.429. The predicted octanol–water partition coefficient (Wildman–Crippen LogP) is 2.93. The number of hydrogen-bond acceptors (Lipinski definition) is 6. The molecule has 8 nitrogen and oxygen atoms in total. The van der Waals surface area contributed by atoms with Gasteiger partial charge in [0.1, 0.15) is 11.8 Å². The molecule has 0 spiro atoms. The number of aromatic amines is 1. The van der Waals surface area contributed by atoms with Crippen LogP contribution in [0.15, 0.2) is 76.4 Å². The van der Waals surface area contributed by atoms with Gasteiger partial charge in [0.05, 0.1) is 31.5 Å². The molecular weight excluding hydrogens is 460 g/mol. The molecular formula is C28H32N2O6. The summed E-state index contributed by atoms with van der Waals surface area (Å²) >= 11 is 0. The van der Waals surface area contributed by atoms with Crippen molar-refractivity contribution in [3.63, 3.8) is 0 Å². The van der Waals surface area contributed by atoms with Crippen molar-refractivity contribution in [2.75, 3.05) is 6.61 Å². The summed E-state index contributed by atoms with van der Waals surface area (Å²) in [7, 11) is 0. The Morgan fingerprint density at radius 2 is 1.64 bits per heavy atom. The minimum Gasteiger partial charge on any atom is -0.387 e. The molecule has 2 N–H and O–H groups in total. The number of aliphatic hydroxyl groups is 1. The molecule has 6 atom stereocenters. The lowest BCUT2D eigenvalue weighted by Gasteiger charge is -2.45. The van der Waals surface area contributed by atoms with Crippen LogP contribution in [0, 0.1) is 18.8 Å². The molecule has 36 heavy (non-hydrogen) atoms. The van der Waals surface area contributed by atoms with Crippen molar-refractivity contribution in [1.82, 2.24) is 9.55 Å². The van der Waals surface area contributed by atoms with Gasteiger partial charge in [-0.25, -0.2) is 4.79 Å². The first-order valence-corrected chi connectivity index (χ1v) is 12.2. The van der Waals surface area contributed by atoms with Crippen LogP contribution in [0.1, 0.15) is 36.8 Å². The Balaban J connectivity index is 1.51. The maximum atomic E-state index is 12.8. The van der Waals surface area contributed by atoms with E-state index in [-0.39, 0.29) is 18.4 Å². The molecule has 1 aliphatic carbocycles. The van der Waals surface area contributed by atoms with E-state index in [2.05, 4.69) is 4.98 Å². The molecule has 0 radical (unpaired) electrons. The van der Waals surface area contributed by atoms with E-state index in [1.807, 2.05) is 67.6 Å². The van der Waals surface area contributed by atoms with E-state index in [0.29, 0.717) is 18.8 Å². The number of nitrogens with zero attached hydrogens (tertiary/aromatic N) is 1. The van der Waals surface area contributed by atoms with Crippen LogP contribution in [0.5, 0.6) is 0 Å². The largest absolute Gasteiger partial charge is 0.387 e. The number of ether oxygens (including phenoxy) is 3. The lowest BCUT2D eigenvalue weighted by Crippen LogP contribution is -2.61. The van der Waals surface area contributed by atoms with Gasteiger partial charge < -0.3 is 19.3 Å². The summed E-state index contributed by atoms with van der Waals surface area (Å²) in [6.07, 6.45) is 0.229. The molecule has 3 aromatic rings. The first-order chi connectivity index (χ1) is 17.2. The van der Waals surface area contributed by atoms with E-state index in [9.17, 15) is 14.7 Å². The zero-order valence-electron chi connectivity index (χ0n) is 20.7. The Kier molecular flexibility index (Phi) is 6.46. The van der Waals surface area contributed by atoms with Gasteiger partial charge in [0, 0.05) is 17.7 Å². The van der Waals surface area contributed by atoms with Crippen molar-refractivity contribution in [2.45, 2.75) is 57.5 Å². The average Bonchev–Trinajstić information content (AvgIpc) is 3.27. The molecule has 1 aromatic heterocycles. The Morgan fingerprint density at radius 1 is 1.03 bits per heavy atom. The van der Waals surface area contributed by atoms with Gasteiger partial charge in [-0.05, 0) is 30.9 Å². The second-order valence-electron chi connectivity index (χ2n) is 10.1. The van der Waals surface area contributed by atoms with Gasteiger partial charge in [-0.3, -0.25) is 14.3 Å². The van der Waals surface area contributed by atoms with Crippen LogP contribution < -0.4 is 11.2 Å². The quantitative estimate of drug-likeness (QED) is 0.501. The first-order valence-electron chi connectivity index (χ1n) is 12.2. The van der Waals surface area contributed by atoms with Gasteiger partial charge in [0.25, 0.3) is 5.56 Å². The van der Waals surface area contributed by atoms with E-state index in [0.717, 1.165) is 11.1 Å². The third-order valence-corrected chi connectivity index (χ3v) is 7.91. The number of fused-ring (bicyclic) bond motifs is 2. The number of H-pyrrole nitrogens is 1. The van der Waals surface area contributed by atoms with Gasteiger partial charge in [-0.15, -0.1) is 0 Å². The van der Waals surface area contributed by atoms with Crippen molar-refractivity contribution in [2.24, 2.45) is 11.8 Å². The molecule has 2 heterocycles. The third kappa shape index (κ3) is 4.04. The molecule has 5 rings (SSSR count). The second kappa shape index (κ2) is 9.44. The van der Waals surface area contributed by atoms with Gasteiger partial charge >= 0.3 is 5.69 Å². The van der Waals surface area contributed by atoms with Gasteiger partial charge in [-0.1, -0.05) is 67.6 Å². The summed E-state index contributed by atoms with van der Waals surface area (Å²) < 4.78 is 20.6. The van der Waals surface area contributed by atoms with Crippen molar-refractivity contribution in [3.8, 4) is 0 Å². The summed E-state index contributed by atoms with van der Waals surface area (Å²) in [4.78, 5) is 27.2. The molecule has 1 saturated carbocycles. The molecule has 190 valence electrons. The molecule has 8 heteroatoms. The summed E-state index contributed by atoms with van der Waals surface area (Å²) in [6, 6.07) is 19.6. The molecule has 0 unspecified atom stereocenters. The number of nitrogens with one attached hydrogen (secondary N) is 1. The minimum absolute atomic E-state index is 0.0722. The Hall–Kier alpha value is -3.04. The molecule has 2 aromatic carbocycles. The fourth-order valence-electron chi connectivity index (χ4n) is 5.68. The highest BCUT2D eigenvalue weighted by molar-refractivity contribution is 5.23. The molecule has 0 amide bonds. The number of benzene rings is 2. The van der Waals surface area contributed by atoms with Crippen molar-refractivity contribution in [1.29, 1.82) is 0 Å². The zero-order chi connectivity index (χ0) is 25.5. The second-order valence-corrected chi connectivity index (χ2v) is 10.1. The van der Waals surface area contributed by atoms with Crippen LogP contribution in [0.2, 0.25) is 0 Å². The standard InChI is InChI=1S/C28H32N2O6/c1-18-14-30(26(32)29-24(18)31)25-22-19(2)27(3,33)28(36-25,17-34-15-20-10-6-4-7-11-20)23(22)35-16-21-12-8-5-9-13-21/h4-14,19,22-23,25,33H,15-17H2,1-3H3,(H,29,31,32)/t19-,22+,23-,25+,27-,28+/m0/s1. The van der Waals surface area contributed by atoms with E-state index in [1.165, 1.54) is 10.8 Å². The molecule has 2 aliphatic rings. The van der Waals surface area contributed by atoms with Crippen LogP contribution in [0.25, 0.3) is 0 Å². The summed E-state index contributed by atoms with van der Waals surface area (Å²) in [5, 5.41) is 11.8. The van der Waals surface area contributed by atoms with Gasteiger partial charge in [-0.2, -0.15) is 0 Å². The van der Waals surface area contributed by atoms with E-state index >= 15 is 0 Å². The van der Waals surface area contributed by atoms with Crippen molar-refractivity contribution in [3.05, 3.63) is 104 Å². The summed E-state index contributed by atoms with van der Waals surface area (Å²) in [5.74, 6) is -0.636. The number of aryl methyl sites for hydroxylation is 1. The number of aromatic nitrogens is 2. The highest BCUT2D eigenvalue weighted by Crippen LogP contribution is 2.61. The Morgan fingerprint density at radius 3 is 2.28 bits per heavy atom. The van der Waals surface area contributed by atoms with Crippen molar-refractivity contribution < 1.29 is 19.3 Å². The lowest BCUT2D eigenvalue weighted by atomic mass is 9.80. The summed E-state index contributed by atoms with van der Waals surface area (Å²) in [5.41, 5.74) is -1.11. The van der Waals surface area contributed by atoms with Crippen LogP contribution >= 0.6 is 0 Å². The normalized spacial score (nSPS) is 31.1. The molecule has 2 bridgehead atoms. The Labute approximate surface area is 209 Å². The smallest absolute Gasteiger partial charge is 0.330 e. The van der Waals surface area contributed by atoms with E-state index in [1.54, 1.807) is 13.8 Å². The maximum Gasteiger partial charge on any atom is 0.330 e. The topological polar surface area (TPSA) is 103 Å². The van der Waals surface area contributed by atoms with Crippen LogP contribution in [0.4, 0.5) is 0 Å². The third-order valence-electron chi connectivity index (χ3n) is 7.91. The molecule has 2 fully saturated rings. The summed E-state index contributed by atoms with van der Waals surface area (Å²) in [6.45, 7) is 6.07. The molecule has 1 saturated heterocycles. The van der Waals surface area contributed by atoms with Crippen LogP contribution in [0.3, 0.4) is 0 Å². The van der Waals surface area contributed by atoms with E-state index < -0.39 is 34.8 Å². The molecule has 1 aliphatic heterocycles. The first kappa shape index (κ1) is 24.6. The Bertz CT molecular complexity index is 1320. The van der Waals surface area contributed by atoms with E-state index in [4.69, 9.17) is 14.2 Å². The van der Waals surface area contributed by atoms with Gasteiger partial charge in [0.2, 0.25) is 0 Å². The highest BCUT2D eigenvalue weighted by atomic mass is 16.6. The monoisotopic (exact) mass is 492 g/mol. The lowest BCUT2D eigenvalue weighted by molar-refractivity contribution is -0.257. The van der Waals surface area contributed by atoms with Crippen LogP contribution in [-0.4, -0.2) is 38.6 Å². The highest BCUT2D eigenvalue weighted by Gasteiger charge is 2.75. The maximum absolute atomic E-state index is 12.8. The minimum atomic E-state index is -1.28. The fourth-order valence-corrected chi connectivity index (χ4v) is 5.68.